The molecule has 6 atom stereocenters. The number of aliphatic hydroxyl groups is 1. The van der Waals surface area contributed by atoms with E-state index in [1.807, 2.05) is 0 Å². The molecule has 0 heterocycles. The Morgan fingerprint density at radius 3 is 2.38 bits per heavy atom. The molecule has 94 valence electrons. The summed E-state index contributed by atoms with van der Waals surface area (Å²) in [6, 6.07) is 0. The normalized spacial score (nSPS) is 44.6. The van der Waals surface area contributed by atoms with Crippen molar-refractivity contribution < 1.29 is 5.11 Å². The van der Waals surface area contributed by atoms with Crippen LogP contribution in [0, 0.1) is 35.0 Å². The molecule has 0 aromatic rings. The summed E-state index contributed by atoms with van der Waals surface area (Å²) in [5, 5.41) is 10.4. The molecule has 3 aliphatic rings. The number of aliphatic hydroxyl groups excluding tert-OH is 1. The molecule has 16 heavy (non-hydrogen) atoms. The van der Waals surface area contributed by atoms with Gasteiger partial charge < -0.3 is 5.11 Å². The lowest BCUT2D eigenvalue weighted by Crippen LogP contribution is -2.57. The van der Waals surface area contributed by atoms with E-state index in [-0.39, 0.29) is 6.10 Å². The molecule has 2 unspecified atom stereocenters. The van der Waals surface area contributed by atoms with Gasteiger partial charge in [0, 0.05) is 0 Å². The van der Waals surface area contributed by atoms with Crippen LogP contribution < -0.4 is 0 Å². The van der Waals surface area contributed by atoms with Crippen molar-refractivity contribution in [2.24, 2.45) is 35.0 Å². The third kappa shape index (κ3) is 1.63. The second-order valence-corrected chi connectivity index (χ2v) is 7.00. The lowest BCUT2D eigenvalue weighted by atomic mass is 9.42. The van der Waals surface area contributed by atoms with Crippen molar-refractivity contribution in [2.75, 3.05) is 0 Å². The third-order valence-electron chi connectivity index (χ3n) is 6.08. The van der Waals surface area contributed by atoms with Gasteiger partial charge in [-0.15, -0.1) is 0 Å². The van der Waals surface area contributed by atoms with Crippen LogP contribution in [0.25, 0.3) is 0 Å². The van der Waals surface area contributed by atoms with E-state index in [9.17, 15) is 5.11 Å². The Labute approximate surface area is 101 Å². The SMILES string of the molecule is CCC(C)C(O)[C@@H]1C[C@@H]2C[C@H]([C@H]1C)C2(C)C. The fourth-order valence-electron chi connectivity index (χ4n) is 4.30. The van der Waals surface area contributed by atoms with Crippen LogP contribution in [-0.2, 0) is 0 Å². The minimum Gasteiger partial charge on any atom is -0.393 e. The van der Waals surface area contributed by atoms with Crippen LogP contribution in [0.3, 0.4) is 0 Å². The molecule has 3 aliphatic carbocycles. The van der Waals surface area contributed by atoms with E-state index < -0.39 is 0 Å². The summed E-state index contributed by atoms with van der Waals surface area (Å²) >= 11 is 0. The summed E-state index contributed by atoms with van der Waals surface area (Å²) in [4.78, 5) is 0. The molecule has 0 aliphatic heterocycles. The van der Waals surface area contributed by atoms with Crippen molar-refractivity contribution in [2.45, 2.75) is 60.0 Å². The number of hydrogen-bond donors (Lipinski definition) is 1. The van der Waals surface area contributed by atoms with Crippen LogP contribution in [0.15, 0.2) is 0 Å². The van der Waals surface area contributed by atoms with Crippen LogP contribution in [0.5, 0.6) is 0 Å². The molecule has 0 amide bonds. The topological polar surface area (TPSA) is 20.2 Å². The third-order valence-corrected chi connectivity index (χ3v) is 6.08. The molecule has 3 fully saturated rings. The highest BCUT2D eigenvalue weighted by molar-refractivity contribution is 5.06. The Bertz CT molecular complexity index is 258. The lowest BCUT2D eigenvalue weighted by molar-refractivity contribution is -0.158. The summed E-state index contributed by atoms with van der Waals surface area (Å²) in [5.74, 6) is 3.47. The van der Waals surface area contributed by atoms with Gasteiger partial charge in [-0.2, -0.15) is 0 Å². The van der Waals surface area contributed by atoms with Gasteiger partial charge in [0.2, 0.25) is 0 Å². The van der Waals surface area contributed by atoms with Gasteiger partial charge in [0.1, 0.15) is 0 Å². The molecule has 3 saturated carbocycles. The van der Waals surface area contributed by atoms with Gasteiger partial charge in [-0.3, -0.25) is 0 Å². The van der Waals surface area contributed by atoms with Crippen LogP contribution in [-0.4, -0.2) is 11.2 Å². The number of rotatable bonds is 3. The molecule has 2 bridgehead atoms. The van der Waals surface area contributed by atoms with Gasteiger partial charge in [0.25, 0.3) is 0 Å². The predicted molar refractivity (Wildman–Crippen MR) is 68.1 cm³/mol. The van der Waals surface area contributed by atoms with Crippen LogP contribution in [0.1, 0.15) is 53.9 Å². The summed E-state index contributed by atoms with van der Waals surface area (Å²) in [6.45, 7) is 11.6. The van der Waals surface area contributed by atoms with E-state index in [0.717, 1.165) is 18.3 Å². The van der Waals surface area contributed by atoms with Gasteiger partial charge in [0.15, 0.2) is 0 Å². The Kier molecular flexibility index (Phi) is 3.11. The minimum absolute atomic E-state index is 0.0681. The van der Waals surface area contributed by atoms with Crippen molar-refractivity contribution in [3.63, 3.8) is 0 Å². The second kappa shape index (κ2) is 4.01. The van der Waals surface area contributed by atoms with Crippen LogP contribution >= 0.6 is 0 Å². The van der Waals surface area contributed by atoms with E-state index in [1.165, 1.54) is 12.8 Å². The first-order valence-electron chi connectivity index (χ1n) is 7.07. The Morgan fingerprint density at radius 1 is 1.31 bits per heavy atom. The zero-order chi connectivity index (χ0) is 12.1. The summed E-state index contributed by atoms with van der Waals surface area (Å²) in [5.41, 5.74) is 0.547. The first kappa shape index (κ1) is 12.4. The average molecular weight is 224 g/mol. The Balaban J connectivity index is 2.05. The maximum atomic E-state index is 10.4. The smallest absolute Gasteiger partial charge is 0.0596 e. The molecule has 0 saturated heterocycles. The van der Waals surface area contributed by atoms with Crippen molar-refractivity contribution >= 4 is 0 Å². The summed E-state index contributed by atoms with van der Waals surface area (Å²) < 4.78 is 0. The first-order chi connectivity index (χ1) is 7.39. The average Bonchev–Trinajstić information content (AvgIpc) is 2.26. The largest absolute Gasteiger partial charge is 0.393 e. The molecule has 1 nitrogen and oxygen atoms in total. The molecule has 0 aromatic heterocycles. The monoisotopic (exact) mass is 224 g/mol. The highest BCUT2D eigenvalue weighted by Crippen LogP contribution is 2.63. The molecule has 1 heteroatoms. The second-order valence-electron chi connectivity index (χ2n) is 7.00. The predicted octanol–water partition coefficient (Wildman–Crippen LogP) is 3.71. The van der Waals surface area contributed by atoms with E-state index in [4.69, 9.17) is 0 Å². The fourth-order valence-corrected chi connectivity index (χ4v) is 4.30. The molecular formula is C15H28O. The molecule has 0 aromatic carbocycles. The van der Waals surface area contributed by atoms with Crippen molar-refractivity contribution in [1.29, 1.82) is 0 Å². The van der Waals surface area contributed by atoms with E-state index in [1.54, 1.807) is 0 Å². The van der Waals surface area contributed by atoms with Gasteiger partial charge in [0.05, 0.1) is 6.10 Å². The zero-order valence-electron chi connectivity index (χ0n) is 11.5. The standard InChI is InChI=1S/C15H28O/c1-6-9(2)14(16)12-7-11-8-13(10(12)3)15(11,4)5/h9-14,16H,6-8H2,1-5H3/t9?,10-,11+,12+,13+,14?/m0/s1. The van der Waals surface area contributed by atoms with Crippen molar-refractivity contribution in [3.05, 3.63) is 0 Å². The van der Waals surface area contributed by atoms with Gasteiger partial charge in [-0.25, -0.2) is 0 Å². The lowest BCUT2D eigenvalue weighted by Gasteiger charge is -2.63. The van der Waals surface area contributed by atoms with E-state index in [0.29, 0.717) is 23.2 Å². The van der Waals surface area contributed by atoms with Gasteiger partial charge >= 0.3 is 0 Å². The fraction of sp³-hybridized carbons (Fsp3) is 1.00. The van der Waals surface area contributed by atoms with E-state index >= 15 is 0 Å². The van der Waals surface area contributed by atoms with Crippen LogP contribution in [0.2, 0.25) is 0 Å². The highest BCUT2D eigenvalue weighted by atomic mass is 16.3. The minimum atomic E-state index is -0.0681. The molecule has 0 radical (unpaired) electrons. The Hall–Kier alpha value is -0.0400. The summed E-state index contributed by atoms with van der Waals surface area (Å²) in [6.07, 6.45) is 3.71. The van der Waals surface area contributed by atoms with Gasteiger partial charge in [-0.1, -0.05) is 41.0 Å². The number of fused-ring (bicyclic) bond motifs is 2. The maximum Gasteiger partial charge on any atom is 0.0596 e. The molecule has 3 rings (SSSR count). The van der Waals surface area contributed by atoms with Crippen LogP contribution in [0.4, 0.5) is 0 Å². The van der Waals surface area contributed by atoms with E-state index in [2.05, 4.69) is 34.6 Å². The molecule has 1 N–H and O–H groups in total. The van der Waals surface area contributed by atoms with Gasteiger partial charge in [-0.05, 0) is 47.8 Å². The maximum absolute atomic E-state index is 10.4. The zero-order valence-corrected chi connectivity index (χ0v) is 11.5. The molecule has 0 spiro atoms. The highest BCUT2D eigenvalue weighted by Gasteiger charge is 2.57. The first-order valence-corrected chi connectivity index (χ1v) is 7.07. The number of hydrogen-bond acceptors (Lipinski definition) is 1. The van der Waals surface area contributed by atoms with Crippen molar-refractivity contribution in [1.82, 2.24) is 0 Å². The quantitative estimate of drug-likeness (QED) is 0.775. The van der Waals surface area contributed by atoms with Crippen molar-refractivity contribution in [3.8, 4) is 0 Å². The molecular weight excluding hydrogens is 196 g/mol. The Morgan fingerprint density at radius 2 is 1.94 bits per heavy atom. The summed E-state index contributed by atoms with van der Waals surface area (Å²) in [7, 11) is 0.